The highest BCUT2D eigenvalue weighted by Gasteiger charge is 2.10. The number of nitriles is 1. The quantitative estimate of drug-likeness (QED) is 0.762. The van der Waals surface area contributed by atoms with Gasteiger partial charge in [-0.25, -0.2) is 4.98 Å². The molecule has 0 aromatic carbocycles. The minimum atomic E-state index is 0.118. The molecule has 0 aliphatic rings. The summed E-state index contributed by atoms with van der Waals surface area (Å²) in [6.45, 7) is 4.61. The van der Waals surface area contributed by atoms with E-state index >= 15 is 0 Å². The van der Waals surface area contributed by atoms with Crippen molar-refractivity contribution in [2.24, 2.45) is 0 Å². The maximum atomic E-state index is 8.55. The Hall–Kier alpha value is -1.76. The molecule has 0 spiro atoms. The summed E-state index contributed by atoms with van der Waals surface area (Å²) in [4.78, 5) is 6.21. The molecule has 0 aliphatic heterocycles. The highest BCUT2D eigenvalue weighted by molar-refractivity contribution is 5.51. The summed E-state index contributed by atoms with van der Waals surface area (Å²) in [5.74, 6) is 1.55. The molecule has 1 heterocycles. The lowest BCUT2D eigenvalue weighted by molar-refractivity contribution is 0.242. The summed E-state index contributed by atoms with van der Waals surface area (Å²) >= 11 is 0. The van der Waals surface area contributed by atoms with Gasteiger partial charge in [-0.15, -0.1) is 0 Å². The molecule has 0 unspecified atom stereocenters. The molecule has 1 aromatic rings. The maximum absolute atomic E-state index is 8.55. The van der Waals surface area contributed by atoms with Crippen molar-refractivity contribution in [1.82, 2.24) is 4.98 Å². The van der Waals surface area contributed by atoms with Crippen LogP contribution in [0.1, 0.15) is 20.3 Å². The predicted molar refractivity (Wildman–Crippen MR) is 63.5 cm³/mol. The van der Waals surface area contributed by atoms with Gasteiger partial charge >= 0.3 is 0 Å². The van der Waals surface area contributed by atoms with E-state index in [0.717, 1.165) is 11.6 Å². The lowest BCUT2D eigenvalue weighted by Gasteiger charge is -2.20. The molecule has 0 fully saturated rings. The largest absolute Gasteiger partial charge is 0.487 e. The summed E-state index contributed by atoms with van der Waals surface area (Å²) in [5.41, 5.74) is 0. The standard InChI is InChI=1S/C12H17N3O/c1-10(2)16-11-6-4-8-14-12(11)15(3)9-5-7-13/h4,6,8,10H,5,9H2,1-3H3. The predicted octanol–water partition coefficient (Wildman–Crippen LogP) is 2.22. The number of aromatic nitrogens is 1. The monoisotopic (exact) mass is 219 g/mol. The molecular formula is C12H17N3O. The Morgan fingerprint density at radius 3 is 2.94 bits per heavy atom. The van der Waals surface area contributed by atoms with E-state index in [2.05, 4.69) is 11.1 Å². The molecule has 1 rings (SSSR count). The highest BCUT2D eigenvalue weighted by Crippen LogP contribution is 2.25. The number of hydrogen-bond acceptors (Lipinski definition) is 4. The van der Waals surface area contributed by atoms with Crippen LogP contribution in [-0.4, -0.2) is 24.7 Å². The fourth-order valence-electron chi connectivity index (χ4n) is 1.34. The molecule has 0 amide bonds. The van der Waals surface area contributed by atoms with Crippen molar-refractivity contribution >= 4 is 5.82 Å². The van der Waals surface area contributed by atoms with Gasteiger partial charge in [-0.3, -0.25) is 0 Å². The van der Waals surface area contributed by atoms with E-state index < -0.39 is 0 Å². The fourth-order valence-corrected chi connectivity index (χ4v) is 1.34. The van der Waals surface area contributed by atoms with Crippen LogP contribution >= 0.6 is 0 Å². The van der Waals surface area contributed by atoms with E-state index in [9.17, 15) is 0 Å². The minimum absolute atomic E-state index is 0.118. The first kappa shape index (κ1) is 12.3. The average molecular weight is 219 g/mol. The van der Waals surface area contributed by atoms with Crippen molar-refractivity contribution in [3.63, 3.8) is 0 Å². The number of hydrogen-bond donors (Lipinski definition) is 0. The van der Waals surface area contributed by atoms with Gasteiger partial charge in [-0.05, 0) is 26.0 Å². The van der Waals surface area contributed by atoms with Gasteiger partial charge in [0.25, 0.3) is 0 Å². The van der Waals surface area contributed by atoms with E-state index in [1.165, 1.54) is 0 Å². The zero-order valence-electron chi connectivity index (χ0n) is 9.97. The third kappa shape index (κ3) is 3.43. The molecule has 0 saturated carbocycles. The molecule has 0 bridgehead atoms. The van der Waals surface area contributed by atoms with Crippen LogP contribution in [-0.2, 0) is 0 Å². The summed E-state index contributed by atoms with van der Waals surface area (Å²) < 4.78 is 5.66. The summed E-state index contributed by atoms with van der Waals surface area (Å²) in [7, 11) is 1.91. The van der Waals surface area contributed by atoms with E-state index in [1.807, 2.05) is 37.9 Å². The van der Waals surface area contributed by atoms with Crippen LogP contribution in [0.5, 0.6) is 5.75 Å². The van der Waals surface area contributed by atoms with Gasteiger partial charge in [0.15, 0.2) is 11.6 Å². The summed E-state index contributed by atoms with van der Waals surface area (Å²) in [6.07, 6.45) is 2.33. The minimum Gasteiger partial charge on any atom is -0.487 e. The second kappa shape index (κ2) is 5.96. The molecular weight excluding hydrogens is 202 g/mol. The highest BCUT2D eigenvalue weighted by atomic mass is 16.5. The Labute approximate surface area is 96.5 Å². The Morgan fingerprint density at radius 1 is 1.56 bits per heavy atom. The van der Waals surface area contributed by atoms with Gasteiger partial charge in [0, 0.05) is 19.8 Å². The van der Waals surface area contributed by atoms with Gasteiger partial charge in [0.2, 0.25) is 0 Å². The topological polar surface area (TPSA) is 49.1 Å². The zero-order valence-corrected chi connectivity index (χ0v) is 9.97. The lowest BCUT2D eigenvalue weighted by atomic mass is 10.3. The van der Waals surface area contributed by atoms with E-state index in [0.29, 0.717) is 13.0 Å². The number of pyridine rings is 1. The van der Waals surface area contributed by atoms with Gasteiger partial charge in [0.1, 0.15) is 0 Å². The van der Waals surface area contributed by atoms with Crippen LogP contribution in [0.2, 0.25) is 0 Å². The number of rotatable bonds is 5. The summed E-state index contributed by atoms with van der Waals surface area (Å²) in [6, 6.07) is 5.86. The first-order valence-electron chi connectivity index (χ1n) is 5.35. The number of anilines is 1. The van der Waals surface area contributed by atoms with E-state index in [-0.39, 0.29) is 6.10 Å². The lowest BCUT2D eigenvalue weighted by Crippen LogP contribution is -2.21. The molecule has 86 valence electrons. The molecule has 1 aromatic heterocycles. The van der Waals surface area contributed by atoms with Crippen LogP contribution in [0.4, 0.5) is 5.82 Å². The third-order valence-electron chi connectivity index (χ3n) is 2.03. The maximum Gasteiger partial charge on any atom is 0.171 e. The van der Waals surface area contributed by atoms with Crippen LogP contribution in [0.3, 0.4) is 0 Å². The summed E-state index contributed by atoms with van der Waals surface area (Å²) in [5, 5.41) is 8.55. The third-order valence-corrected chi connectivity index (χ3v) is 2.03. The average Bonchev–Trinajstić information content (AvgIpc) is 2.26. The van der Waals surface area contributed by atoms with Gasteiger partial charge < -0.3 is 9.64 Å². The molecule has 4 nitrogen and oxygen atoms in total. The molecule has 0 radical (unpaired) electrons. The van der Waals surface area contributed by atoms with Gasteiger partial charge in [0.05, 0.1) is 18.6 Å². The zero-order chi connectivity index (χ0) is 12.0. The van der Waals surface area contributed by atoms with E-state index in [1.54, 1.807) is 6.20 Å². The first-order valence-corrected chi connectivity index (χ1v) is 5.35. The first-order chi connectivity index (χ1) is 7.65. The number of ether oxygens (including phenoxy) is 1. The SMILES string of the molecule is CC(C)Oc1cccnc1N(C)CCC#N. The van der Waals surface area contributed by atoms with Crippen molar-refractivity contribution in [1.29, 1.82) is 5.26 Å². The van der Waals surface area contributed by atoms with Gasteiger partial charge in [-0.2, -0.15) is 5.26 Å². The number of nitrogens with zero attached hydrogens (tertiary/aromatic N) is 3. The van der Waals surface area contributed by atoms with Crippen LogP contribution in [0, 0.1) is 11.3 Å². The smallest absolute Gasteiger partial charge is 0.171 e. The van der Waals surface area contributed by atoms with E-state index in [4.69, 9.17) is 10.00 Å². The molecule has 16 heavy (non-hydrogen) atoms. The molecule has 4 heteroatoms. The molecule has 0 aliphatic carbocycles. The Balaban J connectivity index is 2.81. The molecule has 0 atom stereocenters. The van der Waals surface area contributed by atoms with Crippen molar-refractivity contribution in [3.8, 4) is 11.8 Å². The second-order valence-electron chi connectivity index (χ2n) is 3.82. The van der Waals surface area contributed by atoms with Crippen LogP contribution < -0.4 is 9.64 Å². The second-order valence-corrected chi connectivity index (χ2v) is 3.82. The Morgan fingerprint density at radius 2 is 2.31 bits per heavy atom. The van der Waals surface area contributed by atoms with Crippen LogP contribution in [0.25, 0.3) is 0 Å². The van der Waals surface area contributed by atoms with Crippen molar-refractivity contribution < 1.29 is 4.74 Å². The molecule has 0 saturated heterocycles. The van der Waals surface area contributed by atoms with Crippen molar-refractivity contribution in [2.45, 2.75) is 26.4 Å². The van der Waals surface area contributed by atoms with Gasteiger partial charge in [-0.1, -0.05) is 0 Å². The normalized spacial score (nSPS) is 9.94. The van der Waals surface area contributed by atoms with Crippen LogP contribution in [0.15, 0.2) is 18.3 Å². The van der Waals surface area contributed by atoms with Crippen molar-refractivity contribution in [3.05, 3.63) is 18.3 Å². The fraction of sp³-hybridized carbons (Fsp3) is 0.500. The Kier molecular flexibility index (Phi) is 4.59. The Bertz CT molecular complexity index is 371. The molecule has 0 N–H and O–H groups in total. The van der Waals surface area contributed by atoms with Crippen molar-refractivity contribution in [2.75, 3.05) is 18.5 Å².